The number of likely N-dealkylation sites (N-methyl/N-ethyl adjacent to an activating group) is 1. The number of piperazine rings is 1. The third-order valence-electron chi connectivity index (χ3n) is 4.63. The van der Waals surface area contributed by atoms with E-state index in [4.69, 9.17) is 0 Å². The van der Waals surface area contributed by atoms with E-state index in [2.05, 4.69) is 29.0 Å². The molecule has 0 radical (unpaired) electrons. The third-order valence-corrected chi connectivity index (χ3v) is 4.63. The van der Waals surface area contributed by atoms with Crippen molar-refractivity contribution in [3.05, 3.63) is 29.8 Å². The van der Waals surface area contributed by atoms with Gasteiger partial charge in [0.05, 0.1) is 0 Å². The van der Waals surface area contributed by atoms with Crippen molar-refractivity contribution < 1.29 is 4.79 Å². The minimum atomic E-state index is 0.194. The number of piperidine rings is 1. The Hall–Kier alpha value is -1.55. The van der Waals surface area contributed by atoms with Gasteiger partial charge in [0.15, 0.2) is 0 Å². The van der Waals surface area contributed by atoms with Crippen molar-refractivity contribution in [2.75, 3.05) is 51.2 Å². The van der Waals surface area contributed by atoms with Crippen LogP contribution in [0.4, 0.5) is 5.69 Å². The van der Waals surface area contributed by atoms with Crippen LogP contribution < -0.4 is 4.90 Å². The van der Waals surface area contributed by atoms with Crippen molar-refractivity contribution in [3.63, 3.8) is 0 Å². The number of nitrogens with zero attached hydrogens (tertiary/aromatic N) is 3. The van der Waals surface area contributed by atoms with E-state index < -0.39 is 0 Å². The molecule has 0 saturated carbocycles. The van der Waals surface area contributed by atoms with Crippen LogP contribution in [0.2, 0.25) is 0 Å². The lowest BCUT2D eigenvalue weighted by atomic mass is 10.1. The molecule has 0 aliphatic carbocycles. The van der Waals surface area contributed by atoms with Crippen LogP contribution in [-0.2, 0) is 0 Å². The zero-order valence-electron chi connectivity index (χ0n) is 12.9. The first kappa shape index (κ1) is 14.4. The third kappa shape index (κ3) is 3.38. The standard InChI is InChI=1S/C17H25N3O/c1-18-11-13-19(14-12-18)16-7-5-15(6-8-16)17(21)20-9-3-2-4-10-20/h5-8H,2-4,9-14H2,1H3. The lowest BCUT2D eigenvalue weighted by Gasteiger charge is -2.34. The highest BCUT2D eigenvalue weighted by molar-refractivity contribution is 5.94. The van der Waals surface area contributed by atoms with Gasteiger partial charge in [0.2, 0.25) is 0 Å². The number of hydrogen-bond acceptors (Lipinski definition) is 3. The summed E-state index contributed by atoms with van der Waals surface area (Å²) in [5.74, 6) is 0.194. The summed E-state index contributed by atoms with van der Waals surface area (Å²) in [6, 6.07) is 8.18. The number of anilines is 1. The molecule has 114 valence electrons. The zero-order chi connectivity index (χ0) is 14.7. The molecule has 3 rings (SSSR count). The van der Waals surface area contributed by atoms with Crippen LogP contribution in [-0.4, -0.2) is 62.0 Å². The topological polar surface area (TPSA) is 26.8 Å². The second kappa shape index (κ2) is 6.48. The van der Waals surface area contributed by atoms with E-state index in [1.807, 2.05) is 17.0 Å². The summed E-state index contributed by atoms with van der Waals surface area (Å²) in [6.45, 7) is 6.17. The van der Waals surface area contributed by atoms with Gasteiger partial charge in [0.25, 0.3) is 5.91 Å². The molecule has 0 aromatic heterocycles. The van der Waals surface area contributed by atoms with E-state index in [-0.39, 0.29) is 5.91 Å². The van der Waals surface area contributed by atoms with Gasteiger partial charge in [0.1, 0.15) is 0 Å². The molecule has 2 heterocycles. The van der Waals surface area contributed by atoms with Crippen molar-refractivity contribution in [1.29, 1.82) is 0 Å². The molecule has 4 nitrogen and oxygen atoms in total. The second-order valence-corrected chi connectivity index (χ2v) is 6.19. The van der Waals surface area contributed by atoms with Crippen molar-refractivity contribution >= 4 is 11.6 Å². The summed E-state index contributed by atoms with van der Waals surface area (Å²) in [6.07, 6.45) is 3.54. The van der Waals surface area contributed by atoms with Gasteiger partial charge in [-0.1, -0.05) is 0 Å². The molecule has 1 aromatic carbocycles. The first-order chi connectivity index (χ1) is 10.2. The Bertz CT molecular complexity index is 471. The van der Waals surface area contributed by atoms with Gasteiger partial charge in [-0.15, -0.1) is 0 Å². The Labute approximate surface area is 127 Å². The fourth-order valence-corrected chi connectivity index (χ4v) is 3.16. The van der Waals surface area contributed by atoms with E-state index in [1.165, 1.54) is 12.1 Å². The highest BCUT2D eigenvalue weighted by Crippen LogP contribution is 2.19. The summed E-state index contributed by atoms with van der Waals surface area (Å²) in [5.41, 5.74) is 2.06. The fourth-order valence-electron chi connectivity index (χ4n) is 3.16. The predicted octanol–water partition coefficient (Wildman–Crippen LogP) is 2.06. The van der Waals surface area contributed by atoms with Gasteiger partial charge in [0, 0.05) is 50.5 Å². The van der Waals surface area contributed by atoms with Crippen molar-refractivity contribution in [2.45, 2.75) is 19.3 Å². The highest BCUT2D eigenvalue weighted by atomic mass is 16.2. The smallest absolute Gasteiger partial charge is 0.253 e. The Morgan fingerprint density at radius 2 is 1.48 bits per heavy atom. The SMILES string of the molecule is CN1CCN(c2ccc(C(=O)N3CCCCC3)cc2)CC1. The molecule has 1 amide bonds. The van der Waals surface area contributed by atoms with Crippen molar-refractivity contribution in [2.24, 2.45) is 0 Å². The minimum absolute atomic E-state index is 0.194. The molecule has 0 unspecified atom stereocenters. The van der Waals surface area contributed by atoms with Gasteiger partial charge in [-0.05, 0) is 50.6 Å². The Morgan fingerprint density at radius 3 is 2.10 bits per heavy atom. The molecular weight excluding hydrogens is 262 g/mol. The first-order valence-corrected chi connectivity index (χ1v) is 8.07. The van der Waals surface area contributed by atoms with Crippen molar-refractivity contribution in [3.8, 4) is 0 Å². The lowest BCUT2D eigenvalue weighted by Crippen LogP contribution is -2.44. The van der Waals surface area contributed by atoms with Gasteiger partial charge < -0.3 is 14.7 Å². The van der Waals surface area contributed by atoms with Gasteiger partial charge >= 0.3 is 0 Å². The van der Waals surface area contributed by atoms with Crippen LogP contribution in [0.3, 0.4) is 0 Å². The first-order valence-electron chi connectivity index (χ1n) is 8.07. The Morgan fingerprint density at radius 1 is 0.857 bits per heavy atom. The quantitative estimate of drug-likeness (QED) is 0.833. The largest absolute Gasteiger partial charge is 0.369 e. The van der Waals surface area contributed by atoms with Gasteiger partial charge in [-0.25, -0.2) is 0 Å². The van der Waals surface area contributed by atoms with E-state index in [9.17, 15) is 4.79 Å². The molecule has 1 aromatic rings. The maximum Gasteiger partial charge on any atom is 0.253 e. The summed E-state index contributed by atoms with van der Waals surface area (Å²) < 4.78 is 0. The van der Waals surface area contributed by atoms with Crippen LogP contribution in [0.1, 0.15) is 29.6 Å². The van der Waals surface area contributed by atoms with Crippen LogP contribution in [0.25, 0.3) is 0 Å². The van der Waals surface area contributed by atoms with Crippen LogP contribution in [0.5, 0.6) is 0 Å². The zero-order valence-corrected chi connectivity index (χ0v) is 12.9. The molecule has 2 saturated heterocycles. The fraction of sp³-hybridized carbons (Fsp3) is 0.588. The molecular formula is C17H25N3O. The van der Waals surface area contributed by atoms with Crippen LogP contribution >= 0.6 is 0 Å². The summed E-state index contributed by atoms with van der Waals surface area (Å²) in [7, 11) is 2.16. The molecule has 0 atom stereocenters. The average molecular weight is 287 g/mol. The number of carbonyl (C=O) groups is 1. The maximum atomic E-state index is 12.4. The number of hydrogen-bond donors (Lipinski definition) is 0. The number of likely N-dealkylation sites (tertiary alicyclic amines) is 1. The molecule has 0 spiro atoms. The molecule has 2 aliphatic rings. The molecule has 2 aliphatic heterocycles. The summed E-state index contributed by atoms with van der Waals surface area (Å²) in [5, 5.41) is 0. The maximum absolute atomic E-state index is 12.4. The molecule has 4 heteroatoms. The van der Waals surface area contributed by atoms with Crippen molar-refractivity contribution in [1.82, 2.24) is 9.80 Å². The highest BCUT2D eigenvalue weighted by Gasteiger charge is 2.19. The summed E-state index contributed by atoms with van der Waals surface area (Å²) >= 11 is 0. The van der Waals surface area contributed by atoms with Gasteiger partial charge in [-0.2, -0.15) is 0 Å². The minimum Gasteiger partial charge on any atom is -0.369 e. The number of amides is 1. The van der Waals surface area contributed by atoms with Gasteiger partial charge in [-0.3, -0.25) is 4.79 Å². The number of benzene rings is 1. The van der Waals surface area contributed by atoms with Crippen LogP contribution in [0, 0.1) is 0 Å². The van der Waals surface area contributed by atoms with E-state index in [1.54, 1.807) is 0 Å². The molecule has 0 bridgehead atoms. The number of rotatable bonds is 2. The lowest BCUT2D eigenvalue weighted by molar-refractivity contribution is 0.0724. The summed E-state index contributed by atoms with van der Waals surface area (Å²) in [4.78, 5) is 19.2. The normalized spacial score (nSPS) is 20.6. The second-order valence-electron chi connectivity index (χ2n) is 6.19. The van der Waals surface area contributed by atoms with E-state index >= 15 is 0 Å². The van der Waals surface area contributed by atoms with Crippen LogP contribution in [0.15, 0.2) is 24.3 Å². The Balaban J connectivity index is 1.64. The predicted molar refractivity (Wildman–Crippen MR) is 85.9 cm³/mol. The monoisotopic (exact) mass is 287 g/mol. The number of carbonyl (C=O) groups excluding carboxylic acids is 1. The average Bonchev–Trinajstić information content (AvgIpc) is 2.56. The Kier molecular flexibility index (Phi) is 4.44. The van der Waals surface area contributed by atoms with E-state index in [0.29, 0.717) is 0 Å². The molecule has 2 fully saturated rings. The molecule has 21 heavy (non-hydrogen) atoms. The van der Waals surface area contributed by atoms with E-state index in [0.717, 1.165) is 57.7 Å². The molecule has 0 N–H and O–H groups in total.